The van der Waals surface area contributed by atoms with Crippen LogP contribution in [0.1, 0.15) is 32.2 Å². The molecule has 2 aromatic heterocycles. The Kier molecular flexibility index (Phi) is 4.38. The minimum atomic E-state index is -0.103. The van der Waals surface area contributed by atoms with Gasteiger partial charge in [0, 0.05) is 12.0 Å². The molecule has 0 spiro atoms. The molecule has 3 aromatic rings. The SMILES string of the molecule is COc1ccc(CCNc2ccc3nnc(C(C)(C)C)n3n2)cc1. The number of hydrogen-bond donors (Lipinski definition) is 1. The fraction of sp³-hybridized carbons (Fsp3) is 0.389. The Morgan fingerprint density at radius 3 is 2.46 bits per heavy atom. The highest BCUT2D eigenvalue weighted by molar-refractivity contribution is 5.44. The molecule has 3 rings (SSSR count). The molecule has 0 saturated heterocycles. The number of fused-ring (bicyclic) bond motifs is 1. The monoisotopic (exact) mass is 325 g/mol. The van der Waals surface area contributed by atoms with Gasteiger partial charge in [0.2, 0.25) is 0 Å². The van der Waals surface area contributed by atoms with E-state index in [-0.39, 0.29) is 5.41 Å². The van der Waals surface area contributed by atoms with Crippen molar-refractivity contribution in [3.05, 3.63) is 47.8 Å². The Morgan fingerprint density at radius 2 is 1.79 bits per heavy atom. The van der Waals surface area contributed by atoms with Crippen molar-refractivity contribution < 1.29 is 4.74 Å². The molecule has 0 saturated carbocycles. The van der Waals surface area contributed by atoms with Gasteiger partial charge in [0.05, 0.1) is 7.11 Å². The van der Waals surface area contributed by atoms with Crippen LogP contribution in [0.25, 0.3) is 5.65 Å². The summed E-state index contributed by atoms with van der Waals surface area (Å²) >= 11 is 0. The zero-order valence-corrected chi connectivity index (χ0v) is 14.6. The number of benzene rings is 1. The molecule has 0 aliphatic rings. The molecule has 6 heteroatoms. The molecule has 126 valence electrons. The highest BCUT2D eigenvalue weighted by Crippen LogP contribution is 2.20. The molecule has 0 aliphatic heterocycles. The predicted molar refractivity (Wildman–Crippen MR) is 94.7 cm³/mol. The van der Waals surface area contributed by atoms with Gasteiger partial charge in [-0.05, 0) is 36.2 Å². The summed E-state index contributed by atoms with van der Waals surface area (Å²) in [4.78, 5) is 0. The number of anilines is 1. The molecule has 0 amide bonds. The third-order valence-corrected chi connectivity index (χ3v) is 3.81. The summed E-state index contributed by atoms with van der Waals surface area (Å²) in [7, 11) is 1.68. The lowest BCUT2D eigenvalue weighted by molar-refractivity contribution is 0.414. The highest BCUT2D eigenvalue weighted by Gasteiger charge is 2.21. The molecule has 24 heavy (non-hydrogen) atoms. The quantitative estimate of drug-likeness (QED) is 0.781. The third kappa shape index (κ3) is 3.48. The lowest BCUT2D eigenvalue weighted by atomic mass is 9.96. The average Bonchev–Trinajstić information content (AvgIpc) is 2.99. The van der Waals surface area contributed by atoms with Gasteiger partial charge in [-0.3, -0.25) is 0 Å². The van der Waals surface area contributed by atoms with Crippen LogP contribution in [0.4, 0.5) is 5.82 Å². The lowest BCUT2D eigenvalue weighted by Crippen LogP contribution is -2.18. The van der Waals surface area contributed by atoms with Crippen LogP contribution in [0.5, 0.6) is 5.75 Å². The molecule has 1 aromatic carbocycles. The van der Waals surface area contributed by atoms with Crippen LogP contribution in [-0.2, 0) is 11.8 Å². The van der Waals surface area contributed by atoms with Gasteiger partial charge in [-0.25, -0.2) is 0 Å². The second-order valence-electron chi connectivity index (χ2n) is 6.79. The zero-order valence-electron chi connectivity index (χ0n) is 14.6. The van der Waals surface area contributed by atoms with Crippen molar-refractivity contribution in [1.82, 2.24) is 19.8 Å². The van der Waals surface area contributed by atoms with E-state index in [2.05, 4.69) is 53.5 Å². The summed E-state index contributed by atoms with van der Waals surface area (Å²) in [5, 5.41) is 16.4. The van der Waals surface area contributed by atoms with E-state index in [1.165, 1.54) is 5.56 Å². The molecule has 0 atom stereocenters. The van der Waals surface area contributed by atoms with E-state index in [9.17, 15) is 0 Å². The number of nitrogens with one attached hydrogen (secondary N) is 1. The van der Waals surface area contributed by atoms with Crippen molar-refractivity contribution in [3.63, 3.8) is 0 Å². The van der Waals surface area contributed by atoms with Crippen LogP contribution >= 0.6 is 0 Å². The summed E-state index contributed by atoms with van der Waals surface area (Å²) in [5.74, 6) is 2.55. The van der Waals surface area contributed by atoms with Gasteiger partial charge in [0.15, 0.2) is 11.5 Å². The van der Waals surface area contributed by atoms with Gasteiger partial charge in [0.25, 0.3) is 0 Å². The number of hydrogen-bond acceptors (Lipinski definition) is 5. The van der Waals surface area contributed by atoms with E-state index >= 15 is 0 Å². The van der Waals surface area contributed by atoms with Crippen molar-refractivity contribution in [2.75, 3.05) is 19.0 Å². The van der Waals surface area contributed by atoms with Gasteiger partial charge in [-0.15, -0.1) is 15.3 Å². The molecule has 0 radical (unpaired) electrons. The van der Waals surface area contributed by atoms with Crippen molar-refractivity contribution in [2.24, 2.45) is 0 Å². The first-order chi connectivity index (χ1) is 11.5. The Morgan fingerprint density at radius 1 is 1.04 bits per heavy atom. The summed E-state index contributed by atoms with van der Waals surface area (Å²) in [6.07, 6.45) is 0.915. The molecule has 0 fully saturated rings. The van der Waals surface area contributed by atoms with E-state index in [4.69, 9.17) is 4.74 Å². The smallest absolute Gasteiger partial charge is 0.178 e. The molecule has 1 N–H and O–H groups in total. The molecule has 6 nitrogen and oxygen atoms in total. The van der Waals surface area contributed by atoms with Gasteiger partial charge >= 0.3 is 0 Å². The maximum atomic E-state index is 5.17. The van der Waals surface area contributed by atoms with E-state index in [0.29, 0.717) is 0 Å². The molecule has 0 aliphatic carbocycles. The Labute approximate surface area is 141 Å². The molecule has 0 unspecified atom stereocenters. The minimum Gasteiger partial charge on any atom is -0.497 e. The molecular formula is C18H23N5O. The van der Waals surface area contributed by atoms with Crippen molar-refractivity contribution >= 4 is 11.5 Å². The van der Waals surface area contributed by atoms with Crippen molar-refractivity contribution in [2.45, 2.75) is 32.6 Å². The van der Waals surface area contributed by atoms with E-state index in [1.54, 1.807) is 7.11 Å². The Balaban J connectivity index is 1.68. The number of aromatic nitrogens is 4. The van der Waals surface area contributed by atoms with Gasteiger partial charge in [-0.2, -0.15) is 4.52 Å². The maximum absolute atomic E-state index is 5.17. The summed E-state index contributed by atoms with van der Waals surface area (Å²) in [6.45, 7) is 7.12. The largest absolute Gasteiger partial charge is 0.497 e. The van der Waals surface area contributed by atoms with E-state index in [1.807, 2.05) is 28.8 Å². The summed E-state index contributed by atoms with van der Waals surface area (Å²) in [5.41, 5.74) is 1.92. The number of methoxy groups -OCH3 is 1. The second-order valence-corrected chi connectivity index (χ2v) is 6.79. The zero-order chi connectivity index (χ0) is 17.2. The standard InChI is InChI=1S/C18H23N5O/c1-18(2,3)17-21-20-16-10-9-15(22-23(16)17)19-12-11-13-5-7-14(24-4)8-6-13/h5-10H,11-12H2,1-4H3,(H,19,22). The van der Waals surface area contributed by atoms with Crippen molar-refractivity contribution in [1.29, 1.82) is 0 Å². The molecule has 0 bridgehead atoms. The first-order valence-electron chi connectivity index (χ1n) is 8.07. The van der Waals surface area contributed by atoms with Crippen LogP contribution < -0.4 is 10.1 Å². The fourth-order valence-electron chi connectivity index (χ4n) is 2.48. The van der Waals surface area contributed by atoms with E-state index < -0.39 is 0 Å². The number of ether oxygens (including phenoxy) is 1. The Bertz CT molecular complexity index is 818. The topological polar surface area (TPSA) is 64.3 Å². The van der Waals surface area contributed by atoms with E-state index in [0.717, 1.165) is 36.0 Å². The number of nitrogens with zero attached hydrogens (tertiary/aromatic N) is 4. The summed E-state index contributed by atoms with van der Waals surface area (Å²) in [6, 6.07) is 12.0. The predicted octanol–water partition coefficient (Wildman–Crippen LogP) is 3.09. The Hall–Kier alpha value is -2.63. The second kappa shape index (κ2) is 6.47. The highest BCUT2D eigenvalue weighted by atomic mass is 16.5. The van der Waals surface area contributed by atoms with Crippen molar-refractivity contribution in [3.8, 4) is 5.75 Å². The van der Waals surface area contributed by atoms with Crippen LogP contribution in [0.15, 0.2) is 36.4 Å². The lowest BCUT2D eigenvalue weighted by Gasteiger charge is -2.15. The van der Waals surface area contributed by atoms with Gasteiger partial charge < -0.3 is 10.1 Å². The van der Waals surface area contributed by atoms with Crippen LogP contribution in [-0.4, -0.2) is 33.5 Å². The molecule has 2 heterocycles. The van der Waals surface area contributed by atoms with Gasteiger partial charge in [-0.1, -0.05) is 32.9 Å². The summed E-state index contributed by atoms with van der Waals surface area (Å²) < 4.78 is 6.99. The first kappa shape index (κ1) is 16.2. The van der Waals surface area contributed by atoms with Crippen LogP contribution in [0, 0.1) is 0 Å². The molecular weight excluding hydrogens is 302 g/mol. The van der Waals surface area contributed by atoms with Crippen LogP contribution in [0.2, 0.25) is 0 Å². The maximum Gasteiger partial charge on any atom is 0.178 e. The minimum absolute atomic E-state index is 0.103. The van der Waals surface area contributed by atoms with Crippen LogP contribution in [0.3, 0.4) is 0 Å². The number of rotatable bonds is 5. The fourth-order valence-corrected chi connectivity index (χ4v) is 2.48. The first-order valence-corrected chi connectivity index (χ1v) is 8.07. The van der Waals surface area contributed by atoms with Gasteiger partial charge in [0.1, 0.15) is 11.6 Å². The third-order valence-electron chi connectivity index (χ3n) is 3.81. The average molecular weight is 325 g/mol. The normalized spacial score (nSPS) is 11.7.